The van der Waals surface area contributed by atoms with E-state index in [0.29, 0.717) is 11.5 Å². The molecule has 1 aliphatic carbocycles. The molecule has 3 heterocycles. The highest BCUT2D eigenvalue weighted by molar-refractivity contribution is 5.98. The summed E-state index contributed by atoms with van der Waals surface area (Å²) in [6.07, 6.45) is 4.84. The number of carbonyl (C=O) groups is 1. The molecule has 6 nitrogen and oxygen atoms in total. The van der Waals surface area contributed by atoms with E-state index in [1.807, 2.05) is 9.47 Å². The van der Waals surface area contributed by atoms with Gasteiger partial charge >= 0.3 is 5.97 Å². The molecule has 1 aliphatic heterocycles. The number of rotatable bonds is 3. The highest BCUT2D eigenvalue weighted by Crippen LogP contribution is 2.41. The SMILES string of the molecule is O=C(O)c1c(N2CCCC2)n(C2CC2)c2ncc(F)cc2c1=O. The third kappa shape index (κ3) is 2.18. The van der Waals surface area contributed by atoms with E-state index in [1.54, 1.807) is 0 Å². The topological polar surface area (TPSA) is 75.4 Å². The summed E-state index contributed by atoms with van der Waals surface area (Å²) in [5.74, 6) is -1.46. The molecule has 2 fully saturated rings. The van der Waals surface area contributed by atoms with Crippen molar-refractivity contribution < 1.29 is 14.3 Å². The predicted octanol–water partition coefficient (Wildman–Crippen LogP) is 2.17. The predicted molar refractivity (Wildman–Crippen MR) is 82.6 cm³/mol. The largest absolute Gasteiger partial charge is 0.477 e. The van der Waals surface area contributed by atoms with E-state index in [-0.39, 0.29) is 17.0 Å². The summed E-state index contributed by atoms with van der Waals surface area (Å²) in [4.78, 5) is 30.5. The molecule has 0 radical (unpaired) electrons. The van der Waals surface area contributed by atoms with Gasteiger partial charge < -0.3 is 14.6 Å². The normalized spacial score (nSPS) is 17.9. The van der Waals surface area contributed by atoms with Gasteiger partial charge in [0.15, 0.2) is 0 Å². The first-order valence-corrected chi connectivity index (χ1v) is 7.80. The fraction of sp³-hybridized carbons (Fsp3) is 0.438. The lowest BCUT2D eigenvalue weighted by Gasteiger charge is -2.26. The third-order valence-electron chi connectivity index (χ3n) is 4.52. The van der Waals surface area contributed by atoms with Crippen LogP contribution in [0.15, 0.2) is 17.1 Å². The van der Waals surface area contributed by atoms with E-state index < -0.39 is 17.2 Å². The van der Waals surface area contributed by atoms with Gasteiger partial charge in [0.1, 0.15) is 22.8 Å². The smallest absolute Gasteiger partial charge is 0.343 e. The van der Waals surface area contributed by atoms with Gasteiger partial charge in [-0.2, -0.15) is 0 Å². The van der Waals surface area contributed by atoms with Gasteiger partial charge in [-0.3, -0.25) is 4.79 Å². The Labute approximate surface area is 131 Å². The number of carboxylic acid groups (broad SMARTS) is 1. The Kier molecular flexibility index (Phi) is 3.11. The number of pyridine rings is 2. The molecule has 0 spiro atoms. The quantitative estimate of drug-likeness (QED) is 0.939. The summed E-state index contributed by atoms with van der Waals surface area (Å²) >= 11 is 0. The van der Waals surface area contributed by atoms with Crippen LogP contribution in [0.1, 0.15) is 42.1 Å². The molecule has 2 aliphatic rings. The van der Waals surface area contributed by atoms with Crippen LogP contribution in [0.25, 0.3) is 11.0 Å². The number of halogens is 1. The average molecular weight is 317 g/mol. The number of fused-ring (bicyclic) bond motifs is 1. The van der Waals surface area contributed by atoms with Crippen molar-refractivity contribution in [2.24, 2.45) is 0 Å². The van der Waals surface area contributed by atoms with Gasteiger partial charge in [-0.05, 0) is 31.7 Å². The van der Waals surface area contributed by atoms with Gasteiger partial charge in [0.2, 0.25) is 5.43 Å². The Morgan fingerprint density at radius 1 is 1.30 bits per heavy atom. The molecule has 4 rings (SSSR count). The first kappa shape index (κ1) is 14.2. The Balaban J connectivity index is 2.13. The second kappa shape index (κ2) is 5.04. The lowest BCUT2D eigenvalue weighted by atomic mass is 10.1. The Hall–Kier alpha value is -2.44. The lowest BCUT2D eigenvalue weighted by molar-refractivity contribution is 0.0695. The second-order valence-corrected chi connectivity index (χ2v) is 6.15. The maximum Gasteiger partial charge on any atom is 0.343 e. The van der Waals surface area contributed by atoms with E-state index in [2.05, 4.69) is 4.98 Å². The summed E-state index contributed by atoms with van der Waals surface area (Å²) in [6.45, 7) is 1.44. The first-order chi connectivity index (χ1) is 11.1. The number of nitrogens with zero attached hydrogens (tertiary/aromatic N) is 3. The van der Waals surface area contributed by atoms with Gasteiger partial charge in [-0.25, -0.2) is 14.2 Å². The summed E-state index contributed by atoms with van der Waals surface area (Å²) in [5.41, 5.74) is -0.539. The molecular formula is C16H16FN3O3. The van der Waals surface area contributed by atoms with Crippen molar-refractivity contribution in [2.75, 3.05) is 18.0 Å². The molecule has 1 saturated heterocycles. The van der Waals surface area contributed by atoms with Crippen LogP contribution in [-0.4, -0.2) is 33.7 Å². The van der Waals surface area contributed by atoms with Crippen molar-refractivity contribution in [1.82, 2.24) is 9.55 Å². The van der Waals surface area contributed by atoms with E-state index in [0.717, 1.165) is 51.0 Å². The van der Waals surface area contributed by atoms with Crippen molar-refractivity contribution in [3.8, 4) is 0 Å². The van der Waals surface area contributed by atoms with Crippen LogP contribution in [0.3, 0.4) is 0 Å². The number of carboxylic acids is 1. The monoisotopic (exact) mass is 317 g/mol. The van der Waals surface area contributed by atoms with Crippen molar-refractivity contribution in [3.63, 3.8) is 0 Å². The second-order valence-electron chi connectivity index (χ2n) is 6.15. The number of anilines is 1. The molecule has 0 atom stereocenters. The van der Waals surface area contributed by atoms with E-state index >= 15 is 0 Å². The average Bonchev–Trinajstić information content (AvgIpc) is 3.20. The molecule has 2 aromatic heterocycles. The zero-order valence-electron chi connectivity index (χ0n) is 12.5. The van der Waals surface area contributed by atoms with Crippen LogP contribution in [0.2, 0.25) is 0 Å². The molecule has 0 bridgehead atoms. The number of hydrogen-bond donors (Lipinski definition) is 1. The summed E-state index contributed by atoms with van der Waals surface area (Å²) in [7, 11) is 0. The highest BCUT2D eigenvalue weighted by Gasteiger charge is 2.34. The Morgan fingerprint density at radius 2 is 2.00 bits per heavy atom. The summed E-state index contributed by atoms with van der Waals surface area (Å²) in [5, 5.41) is 9.65. The molecule has 7 heteroatoms. The molecule has 2 aromatic rings. The Morgan fingerprint density at radius 3 is 2.61 bits per heavy atom. The number of hydrogen-bond acceptors (Lipinski definition) is 4. The fourth-order valence-corrected chi connectivity index (χ4v) is 3.36. The molecule has 0 amide bonds. The van der Waals surface area contributed by atoms with Crippen LogP contribution >= 0.6 is 0 Å². The summed E-state index contributed by atoms with van der Waals surface area (Å²) < 4.78 is 15.4. The van der Waals surface area contributed by atoms with Gasteiger partial charge in [-0.15, -0.1) is 0 Å². The van der Waals surface area contributed by atoms with Crippen molar-refractivity contribution in [2.45, 2.75) is 31.7 Å². The molecule has 120 valence electrons. The van der Waals surface area contributed by atoms with Gasteiger partial charge in [0.25, 0.3) is 0 Å². The van der Waals surface area contributed by atoms with Crippen LogP contribution in [-0.2, 0) is 0 Å². The lowest BCUT2D eigenvalue weighted by Crippen LogP contribution is -2.31. The molecule has 0 unspecified atom stereocenters. The minimum atomic E-state index is -1.27. The van der Waals surface area contributed by atoms with Crippen LogP contribution in [0, 0.1) is 5.82 Å². The summed E-state index contributed by atoms with van der Waals surface area (Å²) in [6, 6.07) is 1.22. The van der Waals surface area contributed by atoms with Gasteiger partial charge in [0.05, 0.1) is 11.6 Å². The molecule has 1 N–H and O–H groups in total. The van der Waals surface area contributed by atoms with Gasteiger partial charge in [-0.1, -0.05) is 0 Å². The Bertz CT molecular complexity index is 867. The van der Waals surface area contributed by atoms with Crippen LogP contribution < -0.4 is 10.3 Å². The zero-order valence-corrected chi connectivity index (χ0v) is 12.5. The molecule has 0 aromatic carbocycles. The highest BCUT2D eigenvalue weighted by atomic mass is 19.1. The fourth-order valence-electron chi connectivity index (χ4n) is 3.36. The van der Waals surface area contributed by atoms with E-state index in [4.69, 9.17) is 0 Å². The van der Waals surface area contributed by atoms with Crippen molar-refractivity contribution in [1.29, 1.82) is 0 Å². The molecule has 1 saturated carbocycles. The number of aromatic nitrogens is 2. The zero-order chi connectivity index (χ0) is 16.1. The minimum absolute atomic E-state index is 0.0391. The standard InChI is InChI=1S/C16H16FN3O3/c17-9-7-11-13(21)12(16(22)23)15(19-5-1-2-6-19)20(10-3-4-10)14(11)18-8-9/h7-8,10H,1-6H2,(H,22,23). The third-order valence-corrected chi connectivity index (χ3v) is 4.52. The number of aromatic carboxylic acids is 1. The minimum Gasteiger partial charge on any atom is -0.477 e. The van der Waals surface area contributed by atoms with Crippen LogP contribution in [0.4, 0.5) is 10.2 Å². The van der Waals surface area contributed by atoms with Crippen molar-refractivity contribution in [3.05, 3.63) is 33.9 Å². The molecule has 23 heavy (non-hydrogen) atoms. The van der Waals surface area contributed by atoms with E-state index in [9.17, 15) is 19.1 Å². The first-order valence-electron chi connectivity index (χ1n) is 7.80. The van der Waals surface area contributed by atoms with Crippen LogP contribution in [0.5, 0.6) is 0 Å². The van der Waals surface area contributed by atoms with Crippen molar-refractivity contribution >= 4 is 22.8 Å². The molecular weight excluding hydrogens is 301 g/mol. The maximum atomic E-state index is 13.5. The van der Waals surface area contributed by atoms with E-state index in [1.165, 1.54) is 0 Å². The maximum absolute atomic E-state index is 13.5. The van der Waals surface area contributed by atoms with Gasteiger partial charge in [0, 0.05) is 19.1 Å².